The summed E-state index contributed by atoms with van der Waals surface area (Å²) in [4.78, 5) is 21.1. The van der Waals surface area contributed by atoms with Crippen LogP contribution in [0.15, 0.2) is 91.1 Å². The Kier molecular flexibility index (Phi) is 7.41. The summed E-state index contributed by atoms with van der Waals surface area (Å²) in [5.74, 6) is -2.40. The van der Waals surface area contributed by atoms with E-state index in [0.29, 0.717) is 16.8 Å². The van der Waals surface area contributed by atoms with Gasteiger partial charge in [0, 0.05) is 11.8 Å². The fraction of sp³-hybridized carbons (Fsp3) is 0.100. The van der Waals surface area contributed by atoms with Gasteiger partial charge in [0.1, 0.15) is 6.61 Å². The molecule has 5 nitrogen and oxygen atoms in total. The molecule has 0 aliphatic heterocycles. The zero-order valence-electron chi connectivity index (χ0n) is 20.7. The molecular formula is C30H20F5N3O2. The van der Waals surface area contributed by atoms with E-state index in [1.165, 1.54) is 24.4 Å². The summed E-state index contributed by atoms with van der Waals surface area (Å²) < 4.78 is 71.5. The van der Waals surface area contributed by atoms with Gasteiger partial charge in [-0.15, -0.1) is 0 Å². The molecule has 0 radical (unpaired) electrons. The Hall–Kier alpha value is -4.86. The van der Waals surface area contributed by atoms with E-state index in [4.69, 9.17) is 4.74 Å². The third-order valence-corrected chi connectivity index (χ3v) is 6.12. The van der Waals surface area contributed by atoms with Crippen molar-refractivity contribution in [1.29, 1.82) is 0 Å². The first-order valence-corrected chi connectivity index (χ1v) is 12.1. The summed E-state index contributed by atoms with van der Waals surface area (Å²) in [6, 6.07) is 20.4. The van der Waals surface area contributed by atoms with E-state index in [2.05, 4.69) is 15.3 Å². The maximum absolute atomic E-state index is 13.8. The van der Waals surface area contributed by atoms with Gasteiger partial charge in [0.2, 0.25) is 0 Å². The molecule has 0 unspecified atom stereocenters. The number of carbonyl (C=O) groups excluding carboxylic acids is 1. The minimum Gasteiger partial charge on any atom is -0.479 e. The molecule has 4 aromatic carbocycles. The molecule has 1 amide bonds. The highest BCUT2D eigenvalue weighted by Crippen LogP contribution is 2.33. The fourth-order valence-electron chi connectivity index (χ4n) is 4.15. The smallest absolute Gasteiger partial charge is 0.416 e. The fourth-order valence-corrected chi connectivity index (χ4v) is 4.15. The largest absolute Gasteiger partial charge is 0.479 e. The number of hydrogen-bond donors (Lipinski definition) is 1. The van der Waals surface area contributed by atoms with Crippen LogP contribution in [0, 0.1) is 11.6 Å². The van der Waals surface area contributed by atoms with Gasteiger partial charge in [0.05, 0.1) is 17.8 Å². The van der Waals surface area contributed by atoms with E-state index in [1.54, 1.807) is 30.3 Å². The molecule has 0 fully saturated rings. The number of aromatic nitrogens is 2. The SMILES string of the molecule is O=C(NCc1ccnc(COc2c(F)cccc2F)n1)c1ccc2c(-c3ccc(C(F)(F)F)cc3)cccc2c1. The summed E-state index contributed by atoms with van der Waals surface area (Å²) in [5.41, 5.74) is 1.48. The number of fused-ring (bicyclic) bond motifs is 1. The molecular weight excluding hydrogens is 529 g/mol. The highest BCUT2D eigenvalue weighted by Gasteiger charge is 2.30. The Bertz CT molecular complexity index is 1670. The average Bonchev–Trinajstić information content (AvgIpc) is 2.95. The lowest BCUT2D eigenvalue weighted by atomic mass is 9.96. The maximum atomic E-state index is 13.8. The second-order valence-electron chi connectivity index (χ2n) is 8.80. The molecule has 0 bridgehead atoms. The van der Waals surface area contributed by atoms with Crippen LogP contribution in [0.5, 0.6) is 5.75 Å². The Balaban J connectivity index is 1.27. The Morgan fingerprint density at radius 3 is 2.33 bits per heavy atom. The average molecular weight is 549 g/mol. The normalized spacial score (nSPS) is 11.4. The number of alkyl halides is 3. The molecule has 5 rings (SSSR count). The van der Waals surface area contributed by atoms with Gasteiger partial charge in [-0.05, 0) is 64.4 Å². The number of halogens is 5. The number of rotatable bonds is 7. The van der Waals surface area contributed by atoms with Crippen molar-refractivity contribution in [3.63, 3.8) is 0 Å². The second-order valence-corrected chi connectivity index (χ2v) is 8.80. The lowest BCUT2D eigenvalue weighted by Crippen LogP contribution is -2.23. The van der Waals surface area contributed by atoms with Gasteiger partial charge in [-0.1, -0.05) is 42.5 Å². The molecule has 0 saturated heterocycles. The van der Waals surface area contributed by atoms with Crippen LogP contribution in [0.25, 0.3) is 21.9 Å². The van der Waals surface area contributed by atoms with Crippen LogP contribution in [0.2, 0.25) is 0 Å². The maximum Gasteiger partial charge on any atom is 0.416 e. The van der Waals surface area contributed by atoms with Crippen molar-refractivity contribution in [3.8, 4) is 16.9 Å². The Morgan fingerprint density at radius 1 is 0.875 bits per heavy atom. The molecule has 0 aliphatic rings. The summed E-state index contributed by atoms with van der Waals surface area (Å²) in [6.07, 6.45) is -2.97. The summed E-state index contributed by atoms with van der Waals surface area (Å²) in [5, 5.41) is 4.29. The van der Waals surface area contributed by atoms with Gasteiger partial charge in [-0.25, -0.2) is 18.7 Å². The van der Waals surface area contributed by atoms with Crippen LogP contribution in [-0.4, -0.2) is 15.9 Å². The van der Waals surface area contributed by atoms with Crippen LogP contribution in [0.3, 0.4) is 0 Å². The topological polar surface area (TPSA) is 64.1 Å². The highest BCUT2D eigenvalue weighted by atomic mass is 19.4. The van der Waals surface area contributed by atoms with Crippen LogP contribution < -0.4 is 10.1 Å². The van der Waals surface area contributed by atoms with Crippen LogP contribution in [0.1, 0.15) is 27.4 Å². The zero-order chi connectivity index (χ0) is 28.3. The molecule has 1 N–H and O–H groups in total. The lowest BCUT2D eigenvalue weighted by Gasteiger charge is -2.11. The first-order valence-electron chi connectivity index (χ1n) is 12.1. The Labute approximate surface area is 225 Å². The third kappa shape index (κ3) is 5.90. The van der Waals surface area contributed by atoms with E-state index in [1.807, 2.05) is 12.1 Å². The molecule has 0 atom stereocenters. The molecule has 202 valence electrons. The predicted octanol–water partition coefficient (Wildman–Crippen LogP) is 7.10. The number of para-hydroxylation sites is 1. The number of ether oxygens (including phenoxy) is 1. The molecule has 5 aromatic rings. The molecule has 10 heteroatoms. The molecule has 0 aliphatic carbocycles. The molecule has 0 spiro atoms. The quantitative estimate of drug-likeness (QED) is 0.220. The summed E-state index contributed by atoms with van der Waals surface area (Å²) >= 11 is 0. The minimum atomic E-state index is -4.42. The number of nitrogens with one attached hydrogen (secondary N) is 1. The monoisotopic (exact) mass is 549 g/mol. The second kappa shape index (κ2) is 11.1. The molecule has 1 aromatic heterocycles. The van der Waals surface area contributed by atoms with Crippen molar-refractivity contribution >= 4 is 16.7 Å². The molecule has 40 heavy (non-hydrogen) atoms. The number of hydrogen-bond acceptors (Lipinski definition) is 4. The standard InChI is InChI=1S/C30H20F5N3O2/c31-25-5-2-6-26(32)28(25)40-17-27-36-14-13-22(38-27)16-37-29(39)20-9-12-24-19(15-20)3-1-4-23(24)18-7-10-21(11-8-18)30(33,34)35/h1-15H,16-17H2,(H,37,39). The van der Waals surface area contributed by atoms with E-state index in [9.17, 15) is 26.7 Å². The number of nitrogens with zero attached hydrogens (tertiary/aromatic N) is 2. The first kappa shape index (κ1) is 26.7. The molecule has 0 saturated carbocycles. The van der Waals surface area contributed by atoms with Gasteiger partial charge < -0.3 is 10.1 Å². The zero-order valence-corrected chi connectivity index (χ0v) is 20.7. The van der Waals surface area contributed by atoms with E-state index in [0.717, 1.165) is 40.6 Å². The first-order chi connectivity index (χ1) is 19.2. The van der Waals surface area contributed by atoms with E-state index < -0.39 is 29.1 Å². The van der Waals surface area contributed by atoms with Gasteiger partial charge in [-0.3, -0.25) is 4.79 Å². The van der Waals surface area contributed by atoms with Crippen molar-refractivity contribution < 1.29 is 31.5 Å². The highest BCUT2D eigenvalue weighted by molar-refractivity contribution is 6.02. The van der Waals surface area contributed by atoms with Crippen molar-refractivity contribution in [2.24, 2.45) is 0 Å². The van der Waals surface area contributed by atoms with Crippen molar-refractivity contribution in [2.75, 3.05) is 0 Å². The molecule has 1 heterocycles. The number of carbonyl (C=O) groups is 1. The van der Waals surface area contributed by atoms with Gasteiger partial charge in [-0.2, -0.15) is 13.2 Å². The van der Waals surface area contributed by atoms with E-state index in [-0.39, 0.29) is 24.9 Å². The Morgan fingerprint density at radius 2 is 1.60 bits per heavy atom. The van der Waals surface area contributed by atoms with Crippen molar-refractivity contribution in [1.82, 2.24) is 15.3 Å². The van der Waals surface area contributed by atoms with Crippen molar-refractivity contribution in [3.05, 3.63) is 125 Å². The van der Waals surface area contributed by atoms with Gasteiger partial charge in [0.15, 0.2) is 23.2 Å². The van der Waals surface area contributed by atoms with Gasteiger partial charge in [0.25, 0.3) is 5.91 Å². The minimum absolute atomic E-state index is 0.0616. The van der Waals surface area contributed by atoms with Crippen LogP contribution in [0.4, 0.5) is 22.0 Å². The van der Waals surface area contributed by atoms with Crippen LogP contribution in [-0.2, 0) is 19.3 Å². The number of benzene rings is 4. The lowest BCUT2D eigenvalue weighted by molar-refractivity contribution is -0.137. The van der Waals surface area contributed by atoms with Gasteiger partial charge >= 0.3 is 6.18 Å². The van der Waals surface area contributed by atoms with Crippen LogP contribution >= 0.6 is 0 Å². The number of amides is 1. The van der Waals surface area contributed by atoms with E-state index >= 15 is 0 Å². The summed E-state index contributed by atoms with van der Waals surface area (Å²) in [7, 11) is 0. The third-order valence-electron chi connectivity index (χ3n) is 6.12. The van der Waals surface area contributed by atoms with Crippen molar-refractivity contribution in [2.45, 2.75) is 19.3 Å². The summed E-state index contributed by atoms with van der Waals surface area (Å²) in [6.45, 7) is -0.211. The predicted molar refractivity (Wildman–Crippen MR) is 138 cm³/mol.